The van der Waals surface area contributed by atoms with Gasteiger partial charge in [0.25, 0.3) is 20.2 Å². The predicted molar refractivity (Wildman–Crippen MR) is 345 cm³/mol. The molecule has 0 spiro atoms. The van der Waals surface area contributed by atoms with Crippen molar-refractivity contribution in [3.63, 3.8) is 0 Å². The minimum absolute atomic E-state index is 0.0145. The molecule has 2 atom stereocenters. The minimum Gasteiger partial charge on any atom is -0.481 e. The van der Waals surface area contributed by atoms with Crippen molar-refractivity contribution in [2.75, 3.05) is 36.0 Å². The van der Waals surface area contributed by atoms with Crippen LogP contribution in [0.1, 0.15) is 173 Å². The number of carboxylic acids is 3. The van der Waals surface area contributed by atoms with E-state index in [1.165, 1.54) is 6.92 Å². The molecule has 0 aromatic heterocycles. The minimum atomic E-state index is -4.12. The Morgan fingerprint density at radius 2 is 1.33 bits per heavy atom. The maximum absolute atomic E-state index is 13.1. The van der Waals surface area contributed by atoms with E-state index < -0.39 is 66.6 Å². The van der Waals surface area contributed by atoms with Crippen LogP contribution in [0.4, 0.5) is 16.2 Å². The molecule has 0 fully saturated rings. The van der Waals surface area contributed by atoms with E-state index in [0.717, 1.165) is 70.7 Å². The average molecular weight is 1290 g/mol. The van der Waals surface area contributed by atoms with E-state index >= 15 is 0 Å². The summed E-state index contributed by atoms with van der Waals surface area (Å²) in [5.74, 6) is -3.54. The number of hydrogen-bond donors (Lipinski definition) is 8. The van der Waals surface area contributed by atoms with Crippen molar-refractivity contribution in [2.24, 2.45) is 0 Å². The monoisotopic (exact) mass is 1280 g/mol. The number of rotatable bonds is 37. The van der Waals surface area contributed by atoms with Gasteiger partial charge in [-0.1, -0.05) is 94.1 Å². The van der Waals surface area contributed by atoms with Gasteiger partial charge < -0.3 is 40.9 Å². The van der Waals surface area contributed by atoms with Crippen LogP contribution >= 0.6 is 0 Å². The third-order valence-electron chi connectivity index (χ3n) is 17.0. The van der Waals surface area contributed by atoms with Crippen LogP contribution < -0.4 is 25.6 Å². The van der Waals surface area contributed by atoms with E-state index in [9.17, 15) is 64.9 Å². The number of unbranched alkanes of at least 4 members (excludes halogenated alkanes) is 7. The second-order valence-corrected chi connectivity index (χ2v) is 28.0. The van der Waals surface area contributed by atoms with Gasteiger partial charge in [0, 0.05) is 86.1 Å². The number of amides is 3. The molecule has 2 aliphatic heterocycles. The van der Waals surface area contributed by atoms with Crippen LogP contribution in [0.5, 0.6) is 5.75 Å². The molecule has 6 rings (SSSR count). The number of carbonyl (C=O) groups excluding carboxylic acids is 3. The highest BCUT2D eigenvalue weighted by Gasteiger charge is 2.44. The summed E-state index contributed by atoms with van der Waals surface area (Å²) in [7, 11) is -8.24. The number of anilines is 1. The smallest absolute Gasteiger partial charge is 0.329 e. The molecule has 90 heavy (non-hydrogen) atoms. The number of allylic oxidation sites excluding steroid dienone is 7. The third-order valence-corrected chi connectivity index (χ3v) is 18.6. The highest BCUT2D eigenvalue weighted by molar-refractivity contribution is 7.86. The van der Waals surface area contributed by atoms with Gasteiger partial charge in [-0.15, -0.1) is 0 Å². The lowest BCUT2D eigenvalue weighted by atomic mass is 9.81. The van der Waals surface area contributed by atoms with Crippen LogP contribution in [0, 0.1) is 0 Å². The maximum atomic E-state index is 13.1. The first kappa shape index (κ1) is 71.6. The average Bonchev–Trinajstić information content (AvgIpc) is 1.61. The highest BCUT2D eigenvalue weighted by atomic mass is 32.2. The van der Waals surface area contributed by atoms with Gasteiger partial charge in [0.15, 0.2) is 5.71 Å². The van der Waals surface area contributed by atoms with Crippen LogP contribution in [0.2, 0.25) is 0 Å². The van der Waals surface area contributed by atoms with E-state index in [1.54, 1.807) is 24.3 Å². The molecule has 3 amide bonds. The largest absolute Gasteiger partial charge is 0.481 e. The molecule has 1 aliphatic carbocycles. The normalized spacial score (nSPS) is 17.3. The third kappa shape index (κ3) is 21.1. The number of nitrogens with zero attached hydrogens (tertiary/aromatic N) is 2. The van der Waals surface area contributed by atoms with Crippen molar-refractivity contribution in [3.05, 3.63) is 136 Å². The Hall–Kier alpha value is -7.47. The molecule has 23 heteroatoms. The zero-order valence-corrected chi connectivity index (χ0v) is 54.1. The number of urea groups is 1. The van der Waals surface area contributed by atoms with Crippen molar-refractivity contribution in [1.82, 2.24) is 16.0 Å². The summed E-state index contributed by atoms with van der Waals surface area (Å²) in [5, 5.41) is 36.2. The summed E-state index contributed by atoms with van der Waals surface area (Å²) < 4.78 is 74.6. The molecule has 490 valence electrons. The van der Waals surface area contributed by atoms with Gasteiger partial charge in [0.1, 0.15) is 35.4 Å². The second-order valence-electron chi connectivity index (χ2n) is 24.8. The molecule has 21 nitrogen and oxygen atoms in total. The molecule has 3 aromatic carbocycles. The fraction of sp³-hybridized carbons (Fsp3) is 0.507. The first-order chi connectivity index (χ1) is 42.5. The van der Waals surface area contributed by atoms with E-state index in [1.807, 2.05) is 24.3 Å². The van der Waals surface area contributed by atoms with Crippen LogP contribution in [0.25, 0.3) is 0 Å². The highest BCUT2D eigenvalue weighted by Crippen LogP contribution is 2.48. The summed E-state index contributed by atoms with van der Waals surface area (Å²) in [6.07, 6.45) is 16.6. The number of ketones is 1. The molecule has 0 saturated carbocycles. The van der Waals surface area contributed by atoms with Gasteiger partial charge in [-0.05, 0) is 138 Å². The molecule has 0 unspecified atom stereocenters. The molecule has 8 N–H and O–H groups in total. The van der Waals surface area contributed by atoms with Gasteiger partial charge >= 0.3 is 23.9 Å². The van der Waals surface area contributed by atoms with Crippen LogP contribution in [0.3, 0.4) is 0 Å². The number of para-hydroxylation sites is 2. The summed E-state index contributed by atoms with van der Waals surface area (Å²) >= 11 is 0. The molecule has 3 aromatic rings. The van der Waals surface area contributed by atoms with Gasteiger partial charge in [0.2, 0.25) is 11.6 Å². The van der Waals surface area contributed by atoms with Gasteiger partial charge in [-0.2, -0.15) is 21.4 Å². The van der Waals surface area contributed by atoms with Crippen molar-refractivity contribution in [3.8, 4) is 5.75 Å². The van der Waals surface area contributed by atoms with E-state index in [-0.39, 0.29) is 87.5 Å². The van der Waals surface area contributed by atoms with E-state index in [4.69, 9.17) is 9.84 Å². The predicted octanol–water partition coefficient (Wildman–Crippen LogP) is 10.7. The fourth-order valence-corrected chi connectivity index (χ4v) is 13.0. The SMILES string of the molecule is CC1(C)C(=CC=C2CCCC(C=CC3=[N+](CCCCS(=O)(=O)O)c4ccccc4C3(C)C)=C2Oc2ccc(C[C@H](NC(=O)CCCCCCCCC(=O)CC[C@](C)(NC(=O)NCCCC(=O)O)C(=O)O)C(=O)O)cc2)N(CCCCS(=O)(=O)O)c2ccccc21. The topological polar surface area (TPSA) is 323 Å². The number of fused-ring (bicyclic) bond motifs is 2. The van der Waals surface area contributed by atoms with Crippen LogP contribution in [-0.2, 0) is 61.5 Å². The Morgan fingerprint density at radius 1 is 0.700 bits per heavy atom. The van der Waals surface area contributed by atoms with Crippen molar-refractivity contribution in [1.29, 1.82) is 0 Å². The molecule has 0 radical (unpaired) electrons. The van der Waals surface area contributed by atoms with Crippen molar-refractivity contribution in [2.45, 2.75) is 185 Å². The van der Waals surface area contributed by atoms with Crippen LogP contribution in [-0.4, -0.2) is 130 Å². The zero-order valence-electron chi connectivity index (χ0n) is 52.4. The number of benzene rings is 3. The van der Waals surface area contributed by atoms with Gasteiger partial charge in [-0.25, -0.2) is 14.4 Å². The Kier molecular flexibility index (Phi) is 25.9. The Bertz CT molecular complexity index is 3480. The van der Waals surface area contributed by atoms with E-state index in [2.05, 4.69) is 102 Å². The number of Topliss-reactive ketones (excluding diaryl/α,β-unsaturated/α-hetero) is 1. The number of carbonyl (C=O) groups is 6. The molecule has 0 saturated heterocycles. The lowest BCUT2D eigenvalue weighted by Crippen LogP contribution is -2.55. The lowest BCUT2D eigenvalue weighted by molar-refractivity contribution is -0.438. The first-order valence-electron chi connectivity index (χ1n) is 31.2. The van der Waals surface area contributed by atoms with Crippen LogP contribution in [0.15, 0.2) is 120 Å². The second kappa shape index (κ2) is 32.5. The zero-order chi connectivity index (χ0) is 65.9. The summed E-state index contributed by atoms with van der Waals surface area (Å²) in [4.78, 5) is 75.4. The Labute approximate surface area is 529 Å². The fourth-order valence-electron chi connectivity index (χ4n) is 11.9. The standard InChI is InChI=1S/C67H89N5O16S2/c1-65(2)52-25-12-14-27-55(52)71(42-16-18-44-89(82,83)84)57(65)37-33-48-22-20-23-49(34-38-58-66(3,4)53-26-13-15-28-56(53)72(58)43-17-19-45-90(85,86)87)61(48)88-51-35-31-47(32-36-51)46-54(62(77)78)69-59(74)29-11-9-7-6-8-10-24-50(73)39-40-67(5,63(79)80)70-64(81)68-41-21-30-60(75)76/h12-15,25-28,31-38,54H,6-11,16-24,29-30,39-46H2,1-5H3,(H7-,68,69,70,74,75,76,77,78,79,80,81,82,83,84,85,86,87)/p+1/t54-,67-/m0/s1. The lowest BCUT2D eigenvalue weighted by Gasteiger charge is -2.27. The number of ether oxygens (including phenoxy) is 1. The number of nitrogens with one attached hydrogen (secondary N) is 3. The van der Waals surface area contributed by atoms with Crippen molar-refractivity contribution >= 4 is 73.0 Å². The first-order valence-corrected chi connectivity index (χ1v) is 34.4. The van der Waals surface area contributed by atoms with Crippen molar-refractivity contribution < 1.29 is 79.3 Å². The summed E-state index contributed by atoms with van der Waals surface area (Å²) in [5.41, 5.74) is 6.26. The number of hydrogen-bond acceptors (Lipinski definition) is 12. The Balaban J connectivity index is 1.12. The van der Waals surface area contributed by atoms with E-state index in [0.29, 0.717) is 75.1 Å². The maximum Gasteiger partial charge on any atom is 0.329 e. The summed E-state index contributed by atoms with van der Waals surface area (Å²) in [6.45, 7) is 11.0. The Morgan fingerprint density at radius 3 is 1.99 bits per heavy atom. The quantitative estimate of drug-likeness (QED) is 0.0151. The number of aliphatic carboxylic acids is 3. The van der Waals surface area contributed by atoms with Gasteiger partial charge in [0.05, 0.1) is 16.9 Å². The number of carboxylic acid groups (broad SMARTS) is 3. The molecule has 3 aliphatic rings. The molecule has 0 bridgehead atoms. The molecule has 2 heterocycles. The van der Waals surface area contributed by atoms with Gasteiger partial charge in [-0.3, -0.25) is 23.5 Å². The molecular weight excluding hydrogens is 1190 g/mol. The molecular formula is C67H90N5O16S2+. The summed E-state index contributed by atoms with van der Waals surface area (Å²) in [6, 6.07) is 21.4.